The van der Waals surface area contributed by atoms with Crippen molar-refractivity contribution < 1.29 is 31.0 Å². The fourth-order valence-electron chi connectivity index (χ4n) is 8.53. The van der Waals surface area contributed by atoms with Gasteiger partial charge in [-0.3, -0.25) is 0 Å². The fraction of sp³-hybridized carbons (Fsp3) is 0.328. The molecule has 0 aliphatic carbocycles. The second kappa shape index (κ2) is 27.6. The molecule has 0 saturated carbocycles. The Morgan fingerprint density at radius 1 is 0.395 bits per heavy atom. The molecule has 6 aromatic carbocycles. The van der Waals surface area contributed by atoms with Gasteiger partial charge in [0.05, 0.1) is 29.6 Å². The zero-order valence-electron chi connectivity index (χ0n) is 44.4. The number of sulfonamides is 2. The van der Waals surface area contributed by atoms with E-state index in [0.717, 1.165) is 59.4 Å². The maximum absolute atomic E-state index is 12.7. The molecule has 1 heterocycles. The molecule has 0 amide bonds. The van der Waals surface area contributed by atoms with Crippen molar-refractivity contribution in [3.63, 3.8) is 0 Å². The second-order valence-corrected chi connectivity index (χ2v) is 22.2. The van der Waals surface area contributed by atoms with Gasteiger partial charge in [0.2, 0.25) is 37.9 Å². The smallest absolute Gasteiger partial charge is 0.233 e. The van der Waals surface area contributed by atoms with Gasteiger partial charge in [-0.2, -0.15) is 23.6 Å². The Morgan fingerprint density at radius 3 is 1.00 bits per heavy atom. The molecule has 76 heavy (non-hydrogen) atoms. The minimum atomic E-state index is -3.47. The molecule has 16 nitrogen and oxygen atoms in total. The Morgan fingerprint density at radius 2 is 0.711 bits per heavy atom. The minimum Gasteiger partial charge on any atom is -0.490 e. The molecule has 0 spiro atoms. The van der Waals surface area contributed by atoms with Gasteiger partial charge in [-0.15, -0.1) is 0 Å². The summed E-state index contributed by atoms with van der Waals surface area (Å²) in [5.41, 5.74) is 7.32. The number of nitrogens with one attached hydrogen (secondary N) is 3. The van der Waals surface area contributed by atoms with Crippen LogP contribution in [0.15, 0.2) is 146 Å². The van der Waals surface area contributed by atoms with Gasteiger partial charge in [0.15, 0.2) is 0 Å². The van der Waals surface area contributed by atoms with E-state index in [4.69, 9.17) is 29.2 Å². The van der Waals surface area contributed by atoms with E-state index in [1.807, 2.05) is 159 Å². The predicted octanol–water partition coefficient (Wildman–Crippen LogP) is 11.3. The van der Waals surface area contributed by atoms with Crippen LogP contribution in [0.25, 0.3) is 33.4 Å². The number of nitrogens with zero attached hydrogens (tertiary/aromatic N) is 6. The third-order valence-corrected chi connectivity index (χ3v) is 15.0. The first-order valence-corrected chi connectivity index (χ1v) is 29.6. The highest BCUT2D eigenvalue weighted by atomic mass is 32.2. The van der Waals surface area contributed by atoms with Gasteiger partial charge in [-0.25, -0.2) is 16.8 Å². The van der Waals surface area contributed by atoms with E-state index in [2.05, 4.69) is 34.7 Å². The van der Waals surface area contributed by atoms with Crippen molar-refractivity contribution in [1.29, 1.82) is 0 Å². The van der Waals surface area contributed by atoms with E-state index in [1.165, 1.54) is 21.1 Å². The van der Waals surface area contributed by atoms with Crippen LogP contribution in [0.2, 0.25) is 0 Å². The van der Waals surface area contributed by atoms with Crippen molar-refractivity contribution in [2.24, 2.45) is 0 Å². The van der Waals surface area contributed by atoms with Crippen LogP contribution in [0, 0.1) is 0 Å². The van der Waals surface area contributed by atoms with Crippen molar-refractivity contribution in [2.45, 2.75) is 47.0 Å². The van der Waals surface area contributed by atoms with E-state index >= 15 is 0 Å². The molecule has 7 aromatic rings. The topological polar surface area (TPSA) is 180 Å². The van der Waals surface area contributed by atoms with Crippen molar-refractivity contribution in [2.75, 3.05) is 94.1 Å². The van der Waals surface area contributed by atoms with Gasteiger partial charge in [0, 0.05) is 32.7 Å². The fourth-order valence-corrected chi connectivity index (χ4v) is 10.4. The van der Waals surface area contributed by atoms with Crippen molar-refractivity contribution >= 4 is 55.0 Å². The lowest BCUT2D eigenvalue weighted by molar-refractivity contribution is 0.216. The van der Waals surface area contributed by atoms with E-state index in [1.54, 1.807) is 0 Å². The third-order valence-electron chi connectivity index (χ3n) is 12.4. The molecular formula is C58H71N9O7S2. The average molecular weight is 1070 g/mol. The molecule has 0 aliphatic rings. The van der Waals surface area contributed by atoms with Gasteiger partial charge < -0.3 is 35.1 Å². The first-order chi connectivity index (χ1) is 36.7. The number of ether oxygens (including phenoxy) is 3. The Bertz CT molecular complexity index is 3020. The van der Waals surface area contributed by atoms with Crippen LogP contribution in [0.1, 0.15) is 47.0 Å². The summed E-state index contributed by atoms with van der Waals surface area (Å²) in [6.07, 6.45) is 4.76. The molecule has 18 heteroatoms. The van der Waals surface area contributed by atoms with Crippen LogP contribution in [0.5, 0.6) is 17.2 Å². The SMILES string of the molecule is CCCN(CC)CCOc1ccc(-c2ccccc2)cc1Nc1nc(Nc2cc(-c3ccccc3)ccc2OCCN(CCC)S(C)(=O)=O)nc(Nc2cc(-c3ccccc3)ccc2OCCN(CCC)S(C)(=O)=O)n1. The summed E-state index contributed by atoms with van der Waals surface area (Å²) < 4.78 is 72.8. The Kier molecular flexibility index (Phi) is 20.6. The largest absolute Gasteiger partial charge is 0.490 e. The molecule has 3 N–H and O–H groups in total. The number of likely N-dealkylation sites (N-methyl/N-ethyl adjacent to an activating group) is 1. The summed E-state index contributed by atoms with van der Waals surface area (Å²) in [7, 11) is -6.94. The molecule has 0 unspecified atom stereocenters. The molecule has 7 rings (SSSR count). The lowest BCUT2D eigenvalue weighted by Gasteiger charge is -2.21. The molecule has 1 aromatic heterocycles. The predicted molar refractivity (Wildman–Crippen MR) is 308 cm³/mol. The summed E-state index contributed by atoms with van der Waals surface area (Å²) in [5.74, 6) is 1.95. The average Bonchev–Trinajstić information content (AvgIpc) is 3.41. The zero-order chi connectivity index (χ0) is 53.9. The van der Waals surface area contributed by atoms with E-state index in [9.17, 15) is 16.8 Å². The molecule has 0 saturated heterocycles. The van der Waals surface area contributed by atoms with Crippen LogP contribution in [0.4, 0.5) is 34.9 Å². The van der Waals surface area contributed by atoms with Crippen LogP contribution in [-0.2, 0) is 20.0 Å². The molecule has 0 aliphatic heterocycles. The summed E-state index contributed by atoms with van der Waals surface area (Å²) in [4.78, 5) is 17.3. The zero-order valence-corrected chi connectivity index (χ0v) is 46.0. The van der Waals surface area contributed by atoms with Crippen molar-refractivity contribution in [3.05, 3.63) is 146 Å². The minimum absolute atomic E-state index is 0.0825. The summed E-state index contributed by atoms with van der Waals surface area (Å²) in [5, 5.41) is 10.4. The maximum atomic E-state index is 12.7. The molecule has 0 atom stereocenters. The van der Waals surface area contributed by atoms with Crippen LogP contribution in [0.3, 0.4) is 0 Å². The number of hydrogen-bond acceptors (Lipinski definition) is 14. The molecule has 402 valence electrons. The summed E-state index contributed by atoms with van der Waals surface area (Å²) >= 11 is 0. The Hall–Kier alpha value is -7.09. The van der Waals surface area contributed by atoms with E-state index in [-0.39, 0.29) is 44.1 Å². The summed E-state index contributed by atoms with van der Waals surface area (Å²) in [6, 6.07) is 47.4. The van der Waals surface area contributed by atoms with Gasteiger partial charge >= 0.3 is 0 Å². The van der Waals surface area contributed by atoms with Gasteiger partial charge in [-0.1, -0.05) is 137 Å². The van der Waals surface area contributed by atoms with Gasteiger partial charge in [-0.05, 0) is 102 Å². The van der Waals surface area contributed by atoms with Crippen molar-refractivity contribution in [1.82, 2.24) is 28.5 Å². The molecule has 0 radical (unpaired) electrons. The van der Waals surface area contributed by atoms with Crippen LogP contribution >= 0.6 is 0 Å². The lowest BCUT2D eigenvalue weighted by atomic mass is 10.0. The third kappa shape index (κ3) is 16.5. The molecule has 0 fully saturated rings. The quantitative estimate of drug-likeness (QED) is 0.0387. The van der Waals surface area contributed by atoms with Gasteiger partial charge in [0.1, 0.15) is 37.1 Å². The number of hydrogen-bond donors (Lipinski definition) is 3. The second-order valence-electron chi connectivity index (χ2n) is 18.2. The van der Waals surface area contributed by atoms with E-state index < -0.39 is 20.0 Å². The maximum Gasteiger partial charge on any atom is 0.233 e. The van der Waals surface area contributed by atoms with E-state index in [0.29, 0.717) is 66.8 Å². The monoisotopic (exact) mass is 1070 g/mol. The summed E-state index contributed by atoms with van der Waals surface area (Å²) in [6.45, 7) is 12.5. The first-order valence-electron chi connectivity index (χ1n) is 25.9. The Balaban J connectivity index is 1.33. The van der Waals surface area contributed by atoms with Crippen LogP contribution < -0.4 is 30.2 Å². The molecular weight excluding hydrogens is 999 g/mol. The standard InChI is InChI=1S/C58H71N9O7S2/c1-7-32-65(10-4)35-38-72-53-29-26-47(44-20-14-11-15-21-44)41-50(53)59-56-62-57(60-51-42-48(45-22-16-12-17-23-45)27-30-54(51)73-39-36-66(33-8-2)75(5,68)69)64-58(63-56)61-52-43-49(46-24-18-13-19-25-46)28-31-55(52)74-40-37-67(34-9-3)76(6,70)71/h11-31,41-43H,7-10,32-40H2,1-6H3,(H3,59,60,61,62,63,64). The highest BCUT2D eigenvalue weighted by Gasteiger charge is 2.20. The highest BCUT2D eigenvalue weighted by Crippen LogP contribution is 2.37. The van der Waals surface area contributed by atoms with Crippen LogP contribution in [-0.4, -0.2) is 123 Å². The lowest BCUT2D eigenvalue weighted by Crippen LogP contribution is -2.34. The molecule has 0 bridgehead atoms. The number of rotatable bonds is 30. The Labute approximate surface area is 449 Å². The number of anilines is 6. The highest BCUT2D eigenvalue weighted by molar-refractivity contribution is 7.88. The van der Waals surface area contributed by atoms with Gasteiger partial charge in [0.25, 0.3) is 0 Å². The number of aromatic nitrogens is 3. The number of benzene rings is 6. The normalized spacial score (nSPS) is 11.8. The first kappa shape index (κ1) is 56.6. The van der Waals surface area contributed by atoms with Crippen molar-refractivity contribution in [3.8, 4) is 50.6 Å².